The molecule has 1 amide bonds. The summed E-state index contributed by atoms with van der Waals surface area (Å²) in [7, 11) is -2.01. The number of carbonyl (C=O) groups excluding carboxylic acids is 1. The standard InChI is InChI=1S/C19H23FN2O3S/c1-19(2,3)21-26(24,25)17-11-7-15(8-12-17)18(23)22(4)13-14-5-9-16(20)10-6-14/h5-12,21H,13H2,1-4H3. The number of benzene rings is 2. The lowest BCUT2D eigenvalue weighted by molar-refractivity contribution is 0.0785. The Morgan fingerprint density at radius 3 is 2.08 bits per heavy atom. The molecule has 0 aliphatic rings. The van der Waals surface area contributed by atoms with Gasteiger partial charge in [0.05, 0.1) is 4.90 Å². The number of halogens is 1. The molecule has 2 rings (SSSR count). The first-order valence-electron chi connectivity index (χ1n) is 8.12. The smallest absolute Gasteiger partial charge is 0.253 e. The van der Waals surface area contributed by atoms with E-state index in [4.69, 9.17) is 0 Å². The molecular formula is C19H23FN2O3S. The fourth-order valence-electron chi connectivity index (χ4n) is 2.39. The van der Waals surface area contributed by atoms with Crippen molar-refractivity contribution in [1.29, 1.82) is 0 Å². The van der Waals surface area contributed by atoms with E-state index in [0.29, 0.717) is 12.1 Å². The lowest BCUT2D eigenvalue weighted by Crippen LogP contribution is -2.40. The first-order chi connectivity index (χ1) is 12.0. The van der Waals surface area contributed by atoms with Crippen molar-refractivity contribution in [2.24, 2.45) is 0 Å². The summed E-state index contributed by atoms with van der Waals surface area (Å²) in [6, 6.07) is 11.7. The maximum Gasteiger partial charge on any atom is 0.253 e. The van der Waals surface area contributed by atoms with Gasteiger partial charge in [0.1, 0.15) is 5.82 Å². The third-order valence-corrected chi connectivity index (χ3v) is 5.31. The van der Waals surface area contributed by atoms with Gasteiger partial charge in [0, 0.05) is 24.7 Å². The Kier molecular flexibility index (Phi) is 5.83. The van der Waals surface area contributed by atoms with Gasteiger partial charge in [-0.1, -0.05) is 12.1 Å². The van der Waals surface area contributed by atoms with Crippen molar-refractivity contribution in [3.63, 3.8) is 0 Å². The van der Waals surface area contributed by atoms with Crippen molar-refractivity contribution < 1.29 is 17.6 Å². The first-order valence-corrected chi connectivity index (χ1v) is 9.60. The van der Waals surface area contributed by atoms with Gasteiger partial charge < -0.3 is 4.90 Å². The fraction of sp³-hybridized carbons (Fsp3) is 0.316. The molecule has 0 radical (unpaired) electrons. The molecule has 0 spiro atoms. The summed E-state index contributed by atoms with van der Waals surface area (Å²) in [5.41, 5.74) is 0.586. The van der Waals surface area contributed by atoms with Gasteiger partial charge in [-0.25, -0.2) is 17.5 Å². The Bertz CT molecular complexity index is 870. The maximum absolute atomic E-state index is 12.9. The van der Waals surface area contributed by atoms with Gasteiger partial charge >= 0.3 is 0 Å². The molecule has 0 saturated carbocycles. The van der Waals surface area contributed by atoms with Crippen molar-refractivity contribution in [3.05, 3.63) is 65.5 Å². The van der Waals surface area contributed by atoms with Crippen molar-refractivity contribution in [1.82, 2.24) is 9.62 Å². The van der Waals surface area contributed by atoms with Crippen LogP contribution in [0.1, 0.15) is 36.7 Å². The summed E-state index contributed by atoms with van der Waals surface area (Å²) in [5, 5.41) is 0. The van der Waals surface area contributed by atoms with Gasteiger partial charge in [0.2, 0.25) is 10.0 Å². The average Bonchev–Trinajstić information content (AvgIpc) is 2.54. The maximum atomic E-state index is 12.9. The van der Waals surface area contributed by atoms with E-state index in [1.807, 2.05) is 0 Å². The number of carbonyl (C=O) groups is 1. The number of nitrogens with zero attached hydrogens (tertiary/aromatic N) is 1. The molecule has 0 fully saturated rings. The van der Waals surface area contributed by atoms with E-state index in [-0.39, 0.29) is 16.6 Å². The summed E-state index contributed by atoms with van der Waals surface area (Å²) >= 11 is 0. The van der Waals surface area contributed by atoms with E-state index in [2.05, 4.69) is 4.72 Å². The summed E-state index contributed by atoms with van der Waals surface area (Å²) in [6.45, 7) is 5.59. The van der Waals surface area contributed by atoms with E-state index in [0.717, 1.165) is 5.56 Å². The molecule has 1 N–H and O–H groups in total. The predicted octanol–water partition coefficient (Wildman–Crippen LogP) is 3.17. The van der Waals surface area contributed by atoms with Crippen LogP contribution in [-0.2, 0) is 16.6 Å². The zero-order valence-electron chi connectivity index (χ0n) is 15.3. The van der Waals surface area contributed by atoms with Gasteiger partial charge in [0.15, 0.2) is 0 Å². The molecule has 7 heteroatoms. The van der Waals surface area contributed by atoms with Crippen LogP contribution in [0.25, 0.3) is 0 Å². The Hall–Kier alpha value is -2.25. The van der Waals surface area contributed by atoms with Gasteiger partial charge in [0.25, 0.3) is 5.91 Å². The third kappa shape index (κ3) is 5.37. The van der Waals surface area contributed by atoms with Crippen LogP contribution in [0.4, 0.5) is 4.39 Å². The minimum absolute atomic E-state index is 0.102. The molecule has 140 valence electrons. The second kappa shape index (κ2) is 7.55. The van der Waals surface area contributed by atoms with Crippen molar-refractivity contribution in [2.45, 2.75) is 37.8 Å². The van der Waals surface area contributed by atoms with E-state index in [1.54, 1.807) is 40.0 Å². The number of amides is 1. The molecule has 0 heterocycles. The van der Waals surface area contributed by atoms with E-state index in [1.165, 1.54) is 41.3 Å². The fourth-order valence-corrected chi connectivity index (χ4v) is 3.81. The Morgan fingerprint density at radius 2 is 1.58 bits per heavy atom. The van der Waals surface area contributed by atoms with Crippen LogP contribution in [0.2, 0.25) is 0 Å². The highest BCUT2D eigenvalue weighted by molar-refractivity contribution is 7.89. The summed E-state index contributed by atoms with van der Waals surface area (Å²) < 4.78 is 40.1. The average molecular weight is 378 g/mol. The Labute approximate surface area is 153 Å². The third-order valence-electron chi connectivity index (χ3n) is 3.53. The van der Waals surface area contributed by atoms with Crippen molar-refractivity contribution in [2.75, 3.05) is 7.05 Å². The van der Waals surface area contributed by atoms with Crippen LogP contribution < -0.4 is 4.72 Å². The normalized spacial score (nSPS) is 12.0. The molecule has 2 aromatic carbocycles. The van der Waals surface area contributed by atoms with E-state index in [9.17, 15) is 17.6 Å². The second-order valence-corrected chi connectivity index (χ2v) is 8.85. The van der Waals surface area contributed by atoms with Crippen LogP contribution in [0.15, 0.2) is 53.4 Å². The Morgan fingerprint density at radius 1 is 1.04 bits per heavy atom. The van der Waals surface area contributed by atoms with Crippen LogP contribution in [-0.4, -0.2) is 31.8 Å². The molecule has 0 atom stereocenters. The summed E-state index contributed by atoms with van der Waals surface area (Å²) in [4.78, 5) is 14.1. The minimum Gasteiger partial charge on any atom is -0.337 e. The zero-order valence-corrected chi connectivity index (χ0v) is 16.1. The first kappa shape index (κ1) is 20.1. The highest BCUT2D eigenvalue weighted by Crippen LogP contribution is 2.15. The SMILES string of the molecule is CN(Cc1ccc(F)cc1)C(=O)c1ccc(S(=O)(=O)NC(C)(C)C)cc1. The lowest BCUT2D eigenvalue weighted by Gasteiger charge is -2.21. The lowest BCUT2D eigenvalue weighted by atomic mass is 10.1. The molecule has 0 bridgehead atoms. The largest absolute Gasteiger partial charge is 0.337 e. The Balaban J connectivity index is 2.11. The molecule has 0 saturated heterocycles. The molecule has 0 aromatic heterocycles. The van der Waals surface area contributed by atoms with Crippen LogP contribution in [0.5, 0.6) is 0 Å². The molecular weight excluding hydrogens is 355 g/mol. The number of nitrogens with one attached hydrogen (secondary N) is 1. The predicted molar refractivity (Wildman–Crippen MR) is 98.7 cm³/mol. The molecule has 5 nitrogen and oxygen atoms in total. The minimum atomic E-state index is -3.64. The molecule has 0 aliphatic heterocycles. The summed E-state index contributed by atoms with van der Waals surface area (Å²) in [6.07, 6.45) is 0. The number of hydrogen-bond acceptors (Lipinski definition) is 3. The topological polar surface area (TPSA) is 66.5 Å². The highest BCUT2D eigenvalue weighted by Gasteiger charge is 2.22. The van der Waals surface area contributed by atoms with Crippen LogP contribution >= 0.6 is 0 Å². The highest BCUT2D eigenvalue weighted by atomic mass is 32.2. The molecule has 2 aromatic rings. The van der Waals surface area contributed by atoms with Gasteiger partial charge in [-0.15, -0.1) is 0 Å². The molecule has 0 unspecified atom stereocenters. The monoisotopic (exact) mass is 378 g/mol. The summed E-state index contributed by atoms with van der Waals surface area (Å²) in [5.74, 6) is -0.578. The van der Waals surface area contributed by atoms with Gasteiger partial charge in [-0.3, -0.25) is 4.79 Å². The number of sulfonamides is 1. The molecule has 26 heavy (non-hydrogen) atoms. The van der Waals surface area contributed by atoms with Gasteiger partial charge in [-0.2, -0.15) is 0 Å². The molecule has 0 aliphatic carbocycles. The quantitative estimate of drug-likeness (QED) is 0.869. The van der Waals surface area contributed by atoms with Crippen LogP contribution in [0.3, 0.4) is 0 Å². The van der Waals surface area contributed by atoms with Crippen molar-refractivity contribution in [3.8, 4) is 0 Å². The van der Waals surface area contributed by atoms with Crippen molar-refractivity contribution >= 4 is 15.9 Å². The second-order valence-electron chi connectivity index (χ2n) is 7.17. The van der Waals surface area contributed by atoms with E-state index < -0.39 is 15.6 Å². The number of hydrogen-bond donors (Lipinski definition) is 1. The van der Waals surface area contributed by atoms with Crippen LogP contribution in [0, 0.1) is 5.82 Å². The van der Waals surface area contributed by atoms with Gasteiger partial charge in [-0.05, 0) is 62.7 Å². The van der Waals surface area contributed by atoms with E-state index >= 15 is 0 Å². The number of rotatable bonds is 5. The zero-order chi connectivity index (χ0) is 19.5.